The van der Waals surface area contributed by atoms with Crippen LogP contribution in [0.25, 0.3) is 0 Å². The molecule has 0 radical (unpaired) electrons. The van der Waals surface area contributed by atoms with Gasteiger partial charge in [0.1, 0.15) is 0 Å². The summed E-state index contributed by atoms with van der Waals surface area (Å²) in [5.74, 6) is -0.252. The standard InChI is InChI=1S/C17H20F2N4O/c1-2-24-17-6-5-16(20-21-17)23-9-7-22(8-10-23)12-13-3-4-14(18)15(19)11-13/h3-6,11H,2,7-10,12H2,1H3. The van der Waals surface area contributed by atoms with Crippen LogP contribution in [0.5, 0.6) is 5.88 Å². The highest BCUT2D eigenvalue weighted by atomic mass is 19.2. The van der Waals surface area contributed by atoms with Crippen LogP contribution in [-0.4, -0.2) is 47.9 Å². The summed E-state index contributed by atoms with van der Waals surface area (Å²) in [6.07, 6.45) is 0. The number of anilines is 1. The summed E-state index contributed by atoms with van der Waals surface area (Å²) >= 11 is 0. The van der Waals surface area contributed by atoms with E-state index in [0.717, 1.165) is 37.6 Å². The van der Waals surface area contributed by atoms with Crippen molar-refractivity contribution in [2.24, 2.45) is 0 Å². The molecule has 0 bridgehead atoms. The molecule has 0 spiro atoms. The molecule has 2 aromatic rings. The molecule has 7 heteroatoms. The second-order valence-electron chi connectivity index (χ2n) is 5.67. The van der Waals surface area contributed by atoms with Crippen molar-refractivity contribution in [3.05, 3.63) is 47.5 Å². The van der Waals surface area contributed by atoms with Gasteiger partial charge in [-0.3, -0.25) is 4.90 Å². The minimum Gasteiger partial charge on any atom is -0.477 e. The number of halogens is 2. The molecule has 1 aromatic carbocycles. The van der Waals surface area contributed by atoms with Crippen LogP contribution in [-0.2, 0) is 6.54 Å². The van der Waals surface area contributed by atoms with Gasteiger partial charge in [0.05, 0.1) is 6.61 Å². The van der Waals surface area contributed by atoms with Crippen LogP contribution >= 0.6 is 0 Å². The Labute approximate surface area is 139 Å². The highest BCUT2D eigenvalue weighted by Gasteiger charge is 2.19. The molecular weight excluding hydrogens is 314 g/mol. The molecule has 1 fully saturated rings. The molecule has 0 saturated carbocycles. The molecule has 1 aliphatic heterocycles. The average molecular weight is 334 g/mol. The van der Waals surface area contributed by atoms with Gasteiger partial charge >= 0.3 is 0 Å². The number of ether oxygens (including phenoxy) is 1. The zero-order valence-electron chi connectivity index (χ0n) is 13.6. The van der Waals surface area contributed by atoms with E-state index in [1.807, 2.05) is 19.1 Å². The lowest BCUT2D eigenvalue weighted by Gasteiger charge is -2.35. The maximum absolute atomic E-state index is 13.3. The minimum absolute atomic E-state index is 0.526. The van der Waals surface area contributed by atoms with Crippen molar-refractivity contribution in [3.63, 3.8) is 0 Å². The summed E-state index contributed by atoms with van der Waals surface area (Å²) in [4.78, 5) is 4.37. The summed E-state index contributed by atoms with van der Waals surface area (Å²) < 4.78 is 31.5. The lowest BCUT2D eigenvalue weighted by molar-refractivity contribution is 0.248. The van der Waals surface area contributed by atoms with Crippen LogP contribution in [0.3, 0.4) is 0 Å². The number of benzene rings is 1. The molecule has 1 saturated heterocycles. The van der Waals surface area contributed by atoms with Gasteiger partial charge in [-0.1, -0.05) is 6.07 Å². The minimum atomic E-state index is -0.808. The van der Waals surface area contributed by atoms with Gasteiger partial charge < -0.3 is 9.64 Å². The third kappa shape index (κ3) is 3.97. The Kier molecular flexibility index (Phi) is 5.20. The van der Waals surface area contributed by atoms with E-state index in [1.165, 1.54) is 12.1 Å². The van der Waals surface area contributed by atoms with Crippen LogP contribution in [0.1, 0.15) is 12.5 Å². The maximum Gasteiger partial charge on any atom is 0.233 e. The fraction of sp³-hybridized carbons (Fsp3) is 0.412. The molecule has 0 atom stereocenters. The number of hydrogen-bond donors (Lipinski definition) is 0. The Bertz CT molecular complexity index is 673. The Morgan fingerprint density at radius 1 is 1.00 bits per heavy atom. The molecule has 2 heterocycles. The molecule has 1 aliphatic rings. The zero-order chi connectivity index (χ0) is 16.9. The molecule has 24 heavy (non-hydrogen) atoms. The molecule has 1 aromatic heterocycles. The molecule has 0 aliphatic carbocycles. The molecule has 0 N–H and O–H groups in total. The second-order valence-corrected chi connectivity index (χ2v) is 5.67. The third-order valence-electron chi connectivity index (χ3n) is 4.00. The smallest absolute Gasteiger partial charge is 0.233 e. The highest BCUT2D eigenvalue weighted by Crippen LogP contribution is 2.17. The molecular formula is C17H20F2N4O. The van der Waals surface area contributed by atoms with Gasteiger partial charge in [-0.15, -0.1) is 10.2 Å². The summed E-state index contributed by atoms with van der Waals surface area (Å²) in [6.45, 7) is 6.36. The first-order chi connectivity index (χ1) is 11.7. The Morgan fingerprint density at radius 3 is 2.42 bits per heavy atom. The van der Waals surface area contributed by atoms with E-state index < -0.39 is 11.6 Å². The van der Waals surface area contributed by atoms with Crippen molar-refractivity contribution in [1.82, 2.24) is 15.1 Å². The summed E-state index contributed by atoms with van der Waals surface area (Å²) in [7, 11) is 0. The monoisotopic (exact) mass is 334 g/mol. The van der Waals surface area contributed by atoms with Gasteiger partial charge in [0, 0.05) is 38.8 Å². The first-order valence-electron chi connectivity index (χ1n) is 8.03. The predicted molar refractivity (Wildman–Crippen MR) is 87.0 cm³/mol. The van der Waals surface area contributed by atoms with Gasteiger partial charge in [-0.25, -0.2) is 8.78 Å². The topological polar surface area (TPSA) is 41.5 Å². The summed E-state index contributed by atoms with van der Waals surface area (Å²) in [6, 6.07) is 7.79. The molecule has 5 nitrogen and oxygen atoms in total. The van der Waals surface area contributed by atoms with E-state index >= 15 is 0 Å². The third-order valence-corrected chi connectivity index (χ3v) is 4.00. The molecule has 0 unspecified atom stereocenters. The Hall–Kier alpha value is -2.28. The lowest BCUT2D eigenvalue weighted by Crippen LogP contribution is -2.46. The fourth-order valence-corrected chi connectivity index (χ4v) is 2.74. The number of rotatable bonds is 5. The second kappa shape index (κ2) is 7.53. The first kappa shape index (κ1) is 16.6. The molecule has 0 amide bonds. The van der Waals surface area contributed by atoms with Crippen LogP contribution < -0.4 is 9.64 Å². The maximum atomic E-state index is 13.3. The van der Waals surface area contributed by atoms with Crippen LogP contribution in [0.15, 0.2) is 30.3 Å². The van der Waals surface area contributed by atoms with E-state index in [2.05, 4.69) is 20.0 Å². The lowest BCUT2D eigenvalue weighted by atomic mass is 10.2. The van der Waals surface area contributed by atoms with E-state index in [1.54, 1.807) is 6.07 Å². The summed E-state index contributed by atoms with van der Waals surface area (Å²) in [5.41, 5.74) is 0.781. The normalized spacial score (nSPS) is 15.5. The highest BCUT2D eigenvalue weighted by molar-refractivity contribution is 5.38. The SMILES string of the molecule is CCOc1ccc(N2CCN(Cc3ccc(F)c(F)c3)CC2)nn1. The van der Waals surface area contributed by atoms with Crippen molar-refractivity contribution >= 4 is 5.82 Å². The van der Waals surface area contributed by atoms with Crippen molar-refractivity contribution in [3.8, 4) is 5.88 Å². The largest absolute Gasteiger partial charge is 0.477 e. The number of aromatic nitrogens is 2. The van der Waals surface area contributed by atoms with Crippen molar-refractivity contribution in [2.45, 2.75) is 13.5 Å². The quantitative estimate of drug-likeness (QED) is 0.840. The van der Waals surface area contributed by atoms with Crippen LogP contribution in [0, 0.1) is 11.6 Å². The fourth-order valence-electron chi connectivity index (χ4n) is 2.74. The van der Waals surface area contributed by atoms with Gasteiger partial charge in [0.15, 0.2) is 17.5 Å². The van der Waals surface area contributed by atoms with E-state index in [0.29, 0.717) is 19.0 Å². The zero-order valence-corrected chi connectivity index (χ0v) is 13.6. The van der Waals surface area contributed by atoms with Gasteiger partial charge in [0.2, 0.25) is 5.88 Å². The van der Waals surface area contributed by atoms with Crippen molar-refractivity contribution < 1.29 is 13.5 Å². The van der Waals surface area contributed by atoms with Crippen molar-refractivity contribution in [2.75, 3.05) is 37.7 Å². The van der Waals surface area contributed by atoms with Crippen LogP contribution in [0.2, 0.25) is 0 Å². The average Bonchev–Trinajstić information content (AvgIpc) is 2.60. The molecule has 128 valence electrons. The van der Waals surface area contributed by atoms with Gasteiger partial charge in [-0.05, 0) is 30.7 Å². The van der Waals surface area contributed by atoms with Gasteiger partial charge in [-0.2, -0.15) is 0 Å². The van der Waals surface area contributed by atoms with Gasteiger partial charge in [0.25, 0.3) is 0 Å². The summed E-state index contributed by atoms with van der Waals surface area (Å²) in [5, 5.41) is 8.24. The van der Waals surface area contributed by atoms with E-state index in [4.69, 9.17) is 4.74 Å². The molecule has 3 rings (SSSR count). The predicted octanol–water partition coefficient (Wildman–Crippen LogP) is 2.48. The van der Waals surface area contributed by atoms with E-state index in [9.17, 15) is 8.78 Å². The Morgan fingerprint density at radius 2 is 1.79 bits per heavy atom. The number of hydrogen-bond acceptors (Lipinski definition) is 5. The van der Waals surface area contributed by atoms with Crippen molar-refractivity contribution in [1.29, 1.82) is 0 Å². The number of piperazine rings is 1. The van der Waals surface area contributed by atoms with Crippen LogP contribution in [0.4, 0.5) is 14.6 Å². The number of nitrogens with zero attached hydrogens (tertiary/aromatic N) is 4. The Balaban J connectivity index is 1.54. The first-order valence-corrected chi connectivity index (χ1v) is 8.03. The van der Waals surface area contributed by atoms with E-state index in [-0.39, 0.29) is 0 Å².